The summed E-state index contributed by atoms with van der Waals surface area (Å²) in [6.45, 7) is 8.87. The molecule has 5 nitrogen and oxygen atoms in total. The fourth-order valence-electron chi connectivity index (χ4n) is 2.06. The number of hydrogen-bond acceptors (Lipinski definition) is 4. The Bertz CT molecular complexity index is 436. The summed E-state index contributed by atoms with van der Waals surface area (Å²) in [5.41, 5.74) is 0.886. The molecule has 112 valence electrons. The van der Waals surface area contributed by atoms with Crippen molar-refractivity contribution in [1.82, 2.24) is 10.2 Å². The molecule has 6 heteroatoms. The standard InChI is InChI=1S/C14H22BrN3O2/c1-3-17(4-2)9-5-8-16-11-12-10-13(15)6-7-14(12)18(19)20/h6-7,10,16H,3-5,8-9,11H2,1-2H3. The largest absolute Gasteiger partial charge is 0.312 e. The third-order valence-electron chi connectivity index (χ3n) is 3.28. The van der Waals surface area contributed by atoms with Crippen molar-refractivity contribution in [2.24, 2.45) is 0 Å². The van der Waals surface area contributed by atoms with E-state index in [4.69, 9.17) is 0 Å². The van der Waals surface area contributed by atoms with E-state index in [2.05, 4.69) is 40.0 Å². The van der Waals surface area contributed by atoms with Gasteiger partial charge < -0.3 is 10.2 Å². The van der Waals surface area contributed by atoms with Crippen LogP contribution in [-0.2, 0) is 6.54 Å². The normalized spacial score (nSPS) is 11.0. The fraction of sp³-hybridized carbons (Fsp3) is 0.571. The Balaban J connectivity index is 2.42. The molecular formula is C14H22BrN3O2. The van der Waals surface area contributed by atoms with Gasteiger partial charge >= 0.3 is 0 Å². The second kappa shape index (κ2) is 9.05. The summed E-state index contributed by atoms with van der Waals surface area (Å²) in [7, 11) is 0. The minimum atomic E-state index is -0.334. The van der Waals surface area contributed by atoms with E-state index in [1.54, 1.807) is 12.1 Å². The van der Waals surface area contributed by atoms with Crippen molar-refractivity contribution < 1.29 is 4.92 Å². The second-order valence-electron chi connectivity index (χ2n) is 4.59. The van der Waals surface area contributed by atoms with Crippen LogP contribution in [0.25, 0.3) is 0 Å². The third kappa shape index (κ3) is 5.56. The Hall–Kier alpha value is -0.980. The van der Waals surface area contributed by atoms with Crippen LogP contribution in [0.4, 0.5) is 5.69 Å². The van der Waals surface area contributed by atoms with Crippen LogP contribution in [0, 0.1) is 10.1 Å². The fourth-order valence-corrected chi connectivity index (χ4v) is 2.47. The molecule has 1 aromatic carbocycles. The predicted molar refractivity (Wildman–Crippen MR) is 84.9 cm³/mol. The Morgan fingerprint density at radius 2 is 2.05 bits per heavy atom. The molecule has 0 aliphatic carbocycles. The van der Waals surface area contributed by atoms with Crippen LogP contribution >= 0.6 is 15.9 Å². The summed E-state index contributed by atoms with van der Waals surface area (Å²) in [4.78, 5) is 13.0. The van der Waals surface area contributed by atoms with E-state index in [-0.39, 0.29) is 10.6 Å². The molecular weight excluding hydrogens is 322 g/mol. The van der Waals surface area contributed by atoms with Crippen LogP contribution in [0.3, 0.4) is 0 Å². The van der Waals surface area contributed by atoms with E-state index >= 15 is 0 Å². The number of nitro benzene ring substituents is 1. The zero-order valence-corrected chi connectivity index (χ0v) is 13.6. The van der Waals surface area contributed by atoms with Crippen molar-refractivity contribution in [3.8, 4) is 0 Å². The van der Waals surface area contributed by atoms with Crippen LogP contribution in [-0.4, -0.2) is 36.0 Å². The molecule has 0 radical (unpaired) electrons. The minimum Gasteiger partial charge on any atom is -0.312 e. The van der Waals surface area contributed by atoms with Gasteiger partial charge in [-0.1, -0.05) is 29.8 Å². The Morgan fingerprint density at radius 3 is 2.65 bits per heavy atom. The van der Waals surface area contributed by atoms with Gasteiger partial charge in [-0.25, -0.2) is 0 Å². The number of nitrogens with one attached hydrogen (secondary N) is 1. The molecule has 0 aliphatic heterocycles. The molecule has 0 aliphatic rings. The smallest absolute Gasteiger partial charge is 0.273 e. The monoisotopic (exact) mass is 343 g/mol. The van der Waals surface area contributed by atoms with E-state index in [9.17, 15) is 10.1 Å². The Kier molecular flexibility index (Phi) is 7.72. The van der Waals surface area contributed by atoms with Crippen LogP contribution in [0.5, 0.6) is 0 Å². The number of nitro groups is 1. The van der Waals surface area contributed by atoms with E-state index < -0.39 is 0 Å². The molecule has 0 bridgehead atoms. The first-order valence-electron chi connectivity index (χ1n) is 6.94. The predicted octanol–water partition coefficient (Wildman–Crippen LogP) is 3.18. The first-order chi connectivity index (χ1) is 9.58. The molecule has 20 heavy (non-hydrogen) atoms. The molecule has 0 aromatic heterocycles. The quantitative estimate of drug-likeness (QED) is 0.425. The molecule has 0 saturated heterocycles. The van der Waals surface area contributed by atoms with Crippen molar-refractivity contribution in [3.63, 3.8) is 0 Å². The van der Waals surface area contributed by atoms with Gasteiger partial charge in [0.15, 0.2) is 0 Å². The molecule has 0 amide bonds. The third-order valence-corrected chi connectivity index (χ3v) is 3.77. The highest BCUT2D eigenvalue weighted by molar-refractivity contribution is 9.10. The highest BCUT2D eigenvalue weighted by Crippen LogP contribution is 2.22. The van der Waals surface area contributed by atoms with E-state index in [0.717, 1.165) is 37.1 Å². The van der Waals surface area contributed by atoms with E-state index in [1.165, 1.54) is 6.07 Å². The summed E-state index contributed by atoms with van der Waals surface area (Å²) < 4.78 is 0.864. The van der Waals surface area contributed by atoms with Gasteiger partial charge in [0, 0.05) is 22.6 Å². The highest BCUT2D eigenvalue weighted by atomic mass is 79.9. The summed E-state index contributed by atoms with van der Waals surface area (Å²) in [6.07, 6.45) is 1.05. The molecule has 0 unspecified atom stereocenters. The second-order valence-corrected chi connectivity index (χ2v) is 5.50. The van der Waals surface area contributed by atoms with Gasteiger partial charge in [-0.05, 0) is 44.7 Å². The summed E-state index contributed by atoms with van der Waals surface area (Å²) in [5, 5.41) is 14.2. The zero-order chi connectivity index (χ0) is 15.0. The van der Waals surface area contributed by atoms with Crippen LogP contribution in [0.15, 0.2) is 22.7 Å². The molecule has 0 saturated carbocycles. The number of nitrogens with zero attached hydrogens (tertiary/aromatic N) is 2. The van der Waals surface area contributed by atoms with E-state index in [0.29, 0.717) is 12.1 Å². The lowest BCUT2D eigenvalue weighted by Crippen LogP contribution is -2.27. The minimum absolute atomic E-state index is 0.171. The van der Waals surface area contributed by atoms with Crippen molar-refractivity contribution in [3.05, 3.63) is 38.3 Å². The van der Waals surface area contributed by atoms with Gasteiger partial charge in [0.05, 0.1) is 4.92 Å². The molecule has 0 heterocycles. The first kappa shape index (κ1) is 17.1. The van der Waals surface area contributed by atoms with Crippen LogP contribution in [0.1, 0.15) is 25.8 Å². The zero-order valence-electron chi connectivity index (χ0n) is 12.1. The molecule has 0 atom stereocenters. The number of halogens is 1. The lowest BCUT2D eigenvalue weighted by Gasteiger charge is -2.17. The maximum absolute atomic E-state index is 10.9. The van der Waals surface area contributed by atoms with Gasteiger partial charge in [0.2, 0.25) is 0 Å². The summed E-state index contributed by atoms with van der Waals surface area (Å²) in [5.74, 6) is 0. The van der Waals surface area contributed by atoms with Gasteiger partial charge in [0.1, 0.15) is 0 Å². The van der Waals surface area contributed by atoms with Gasteiger partial charge in [0.25, 0.3) is 5.69 Å². The lowest BCUT2D eigenvalue weighted by atomic mass is 10.2. The SMILES string of the molecule is CCN(CC)CCCNCc1cc(Br)ccc1[N+](=O)[O-]. The topological polar surface area (TPSA) is 58.4 Å². The van der Waals surface area contributed by atoms with Gasteiger partial charge in [-0.2, -0.15) is 0 Å². The van der Waals surface area contributed by atoms with E-state index in [1.807, 2.05) is 0 Å². The first-order valence-corrected chi connectivity index (χ1v) is 7.73. The molecule has 1 rings (SSSR count). The van der Waals surface area contributed by atoms with Gasteiger partial charge in [-0.15, -0.1) is 0 Å². The average molecular weight is 344 g/mol. The van der Waals surface area contributed by atoms with Crippen molar-refractivity contribution in [2.45, 2.75) is 26.8 Å². The average Bonchev–Trinajstić information content (AvgIpc) is 2.42. The maximum atomic E-state index is 10.9. The molecule has 0 spiro atoms. The van der Waals surface area contributed by atoms with Crippen molar-refractivity contribution in [1.29, 1.82) is 0 Å². The number of benzene rings is 1. The molecule has 1 N–H and O–H groups in total. The molecule has 1 aromatic rings. The number of rotatable bonds is 9. The van der Waals surface area contributed by atoms with Gasteiger partial charge in [-0.3, -0.25) is 10.1 Å². The van der Waals surface area contributed by atoms with Crippen LogP contribution < -0.4 is 5.32 Å². The highest BCUT2D eigenvalue weighted by Gasteiger charge is 2.13. The maximum Gasteiger partial charge on any atom is 0.273 e. The number of hydrogen-bond donors (Lipinski definition) is 1. The summed E-state index contributed by atoms with van der Waals surface area (Å²) >= 11 is 3.35. The Labute approximate surface area is 128 Å². The molecule has 0 fully saturated rings. The van der Waals surface area contributed by atoms with Crippen LogP contribution in [0.2, 0.25) is 0 Å². The lowest BCUT2D eigenvalue weighted by molar-refractivity contribution is -0.385. The Morgan fingerprint density at radius 1 is 1.35 bits per heavy atom. The van der Waals surface area contributed by atoms with Crippen molar-refractivity contribution in [2.75, 3.05) is 26.2 Å². The van der Waals surface area contributed by atoms with Crippen molar-refractivity contribution >= 4 is 21.6 Å². The summed E-state index contributed by atoms with van der Waals surface area (Å²) in [6, 6.07) is 5.04.